The number of hydrogen-bond acceptors (Lipinski definition) is 2. The van der Waals surface area contributed by atoms with E-state index in [0.29, 0.717) is 0 Å². The third kappa shape index (κ3) is 3.25. The van der Waals surface area contributed by atoms with Gasteiger partial charge in [0.1, 0.15) is 0 Å². The van der Waals surface area contributed by atoms with Crippen LogP contribution >= 0.6 is 0 Å². The molecule has 0 aromatic carbocycles. The number of hydrogen-bond donors (Lipinski definition) is 1. The largest absolute Gasteiger partial charge is 0.481 e. The van der Waals surface area contributed by atoms with Crippen LogP contribution in [0.15, 0.2) is 0 Å². The van der Waals surface area contributed by atoms with Crippen LogP contribution in [0.25, 0.3) is 0 Å². The quantitative estimate of drug-likeness (QED) is 0.840. The van der Waals surface area contributed by atoms with Crippen molar-refractivity contribution in [3.8, 4) is 0 Å². The van der Waals surface area contributed by atoms with Gasteiger partial charge in [-0.05, 0) is 51.0 Å². The molecule has 2 aliphatic rings. The van der Waals surface area contributed by atoms with Gasteiger partial charge >= 0.3 is 5.97 Å². The molecule has 0 aromatic rings. The molecule has 18 heavy (non-hydrogen) atoms. The van der Waals surface area contributed by atoms with Crippen LogP contribution in [-0.2, 0) is 4.79 Å². The fraction of sp³-hybridized carbons (Fsp3) is 0.933. The Morgan fingerprint density at radius 1 is 1.17 bits per heavy atom. The summed E-state index contributed by atoms with van der Waals surface area (Å²) in [7, 11) is 0. The van der Waals surface area contributed by atoms with E-state index in [1.807, 2.05) is 0 Å². The van der Waals surface area contributed by atoms with Crippen molar-refractivity contribution in [2.75, 3.05) is 13.1 Å². The number of carbonyl (C=O) groups is 1. The maximum atomic E-state index is 11.2. The number of carboxylic acid groups (broad SMARTS) is 1. The minimum atomic E-state index is -0.607. The van der Waals surface area contributed by atoms with E-state index < -0.39 is 5.97 Å². The highest BCUT2D eigenvalue weighted by Crippen LogP contribution is 2.31. The monoisotopic (exact) mass is 253 g/mol. The van der Waals surface area contributed by atoms with Crippen molar-refractivity contribution < 1.29 is 9.90 Å². The summed E-state index contributed by atoms with van der Waals surface area (Å²) in [6.07, 6.45) is 7.29. The van der Waals surface area contributed by atoms with Gasteiger partial charge in [0, 0.05) is 12.6 Å². The highest BCUT2D eigenvalue weighted by atomic mass is 16.4. The van der Waals surface area contributed by atoms with E-state index in [9.17, 15) is 9.90 Å². The molecule has 1 saturated heterocycles. The molecule has 0 spiro atoms. The summed E-state index contributed by atoms with van der Waals surface area (Å²) in [4.78, 5) is 13.7. The molecule has 0 amide bonds. The summed E-state index contributed by atoms with van der Waals surface area (Å²) in [6, 6.07) is 0.218. The number of likely N-dealkylation sites (tertiary alicyclic amines) is 1. The molecule has 3 heteroatoms. The lowest BCUT2D eigenvalue weighted by Gasteiger charge is -2.40. The van der Waals surface area contributed by atoms with Gasteiger partial charge in [0.05, 0.1) is 5.92 Å². The number of nitrogens with zero attached hydrogens (tertiary/aromatic N) is 1. The second kappa shape index (κ2) is 6.05. The summed E-state index contributed by atoms with van der Waals surface area (Å²) in [5.41, 5.74) is 0. The second-order valence-electron chi connectivity index (χ2n) is 6.45. The van der Waals surface area contributed by atoms with Gasteiger partial charge in [-0.2, -0.15) is 0 Å². The van der Waals surface area contributed by atoms with Gasteiger partial charge in [-0.1, -0.05) is 19.8 Å². The van der Waals surface area contributed by atoms with Crippen LogP contribution in [0.1, 0.15) is 52.4 Å². The smallest absolute Gasteiger partial charge is 0.308 e. The third-order valence-corrected chi connectivity index (χ3v) is 5.06. The fourth-order valence-electron chi connectivity index (χ4n) is 3.64. The molecule has 3 nitrogen and oxygen atoms in total. The first-order valence-electron chi connectivity index (χ1n) is 7.54. The molecule has 0 aromatic heterocycles. The maximum absolute atomic E-state index is 11.2. The number of piperidine rings is 1. The van der Waals surface area contributed by atoms with Crippen LogP contribution in [-0.4, -0.2) is 35.1 Å². The van der Waals surface area contributed by atoms with E-state index in [1.165, 1.54) is 25.7 Å². The van der Waals surface area contributed by atoms with Crippen molar-refractivity contribution in [2.24, 2.45) is 17.8 Å². The van der Waals surface area contributed by atoms with Crippen molar-refractivity contribution in [2.45, 2.75) is 58.4 Å². The van der Waals surface area contributed by atoms with Crippen LogP contribution < -0.4 is 0 Å². The Morgan fingerprint density at radius 2 is 1.83 bits per heavy atom. The highest BCUT2D eigenvalue weighted by molar-refractivity contribution is 5.70. The summed E-state index contributed by atoms with van der Waals surface area (Å²) in [6.45, 7) is 6.66. The van der Waals surface area contributed by atoms with Crippen molar-refractivity contribution >= 4 is 5.97 Å². The molecule has 1 heterocycles. The first kappa shape index (κ1) is 13.9. The van der Waals surface area contributed by atoms with Crippen LogP contribution in [0.3, 0.4) is 0 Å². The second-order valence-corrected chi connectivity index (χ2v) is 6.45. The Labute approximate surface area is 111 Å². The highest BCUT2D eigenvalue weighted by Gasteiger charge is 2.34. The molecule has 2 atom stereocenters. The summed E-state index contributed by atoms with van der Waals surface area (Å²) < 4.78 is 0. The molecule has 1 aliphatic carbocycles. The van der Waals surface area contributed by atoms with E-state index >= 15 is 0 Å². The summed E-state index contributed by atoms with van der Waals surface area (Å²) in [5, 5.41) is 9.24. The molecular formula is C15H27NO2. The van der Waals surface area contributed by atoms with E-state index in [-0.39, 0.29) is 12.0 Å². The van der Waals surface area contributed by atoms with E-state index in [1.54, 1.807) is 0 Å². The lowest BCUT2D eigenvalue weighted by Crippen LogP contribution is -2.48. The number of rotatable bonds is 3. The van der Waals surface area contributed by atoms with Gasteiger partial charge in [0.2, 0.25) is 0 Å². The topological polar surface area (TPSA) is 40.5 Å². The van der Waals surface area contributed by atoms with Gasteiger partial charge in [-0.3, -0.25) is 9.69 Å². The Bertz CT molecular complexity index is 284. The summed E-state index contributed by atoms with van der Waals surface area (Å²) in [5.74, 6) is 0.939. The maximum Gasteiger partial charge on any atom is 0.308 e. The molecule has 0 radical (unpaired) electrons. The molecule has 2 rings (SSSR count). The van der Waals surface area contributed by atoms with Gasteiger partial charge in [-0.15, -0.1) is 0 Å². The standard InChI is InChI=1S/C15H27NO2/c1-11-5-7-13(8-6-11)10-16-9-3-4-14(12(16)2)15(17)18/h11-14H,3-10H2,1-2H3,(H,17,18)/t11?,12-,13?,14-/m0/s1. The zero-order valence-electron chi connectivity index (χ0n) is 11.8. The number of aliphatic carboxylic acids is 1. The van der Waals surface area contributed by atoms with Gasteiger partial charge < -0.3 is 5.11 Å². The lowest BCUT2D eigenvalue weighted by molar-refractivity contribution is -0.145. The first-order chi connectivity index (χ1) is 8.58. The van der Waals surface area contributed by atoms with Crippen molar-refractivity contribution in [1.29, 1.82) is 0 Å². The first-order valence-corrected chi connectivity index (χ1v) is 7.54. The molecular weight excluding hydrogens is 226 g/mol. The van der Waals surface area contributed by atoms with Gasteiger partial charge in [-0.25, -0.2) is 0 Å². The molecule has 1 aliphatic heterocycles. The minimum absolute atomic E-state index is 0.152. The average molecular weight is 253 g/mol. The lowest BCUT2D eigenvalue weighted by atomic mass is 9.81. The Hall–Kier alpha value is -0.570. The number of carboxylic acids is 1. The zero-order valence-corrected chi connectivity index (χ0v) is 11.8. The Balaban J connectivity index is 1.86. The van der Waals surface area contributed by atoms with Crippen LogP contribution in [0.2, 0.25) is 0 Å². The molecule has 1 N–H and O–H groups in total. The van der Waals surface area contributed by atoms with E-state index in [2.05, 4.69) is 18.7 Å². The van der Waals surface area contributed by atoms with Crippen molar-refractivity contribution in [3.63, 3.8) is 0 Å². The van der Waals surface area contributed by atoms with Crippen molar-refractivity contribution in [3.05, 3.63) is 0 Å². The molecule has 2 fully saturated rings. The Morgan fingerprint density at radius 3 is 2.44 bits per heavy atom. The zero-order chi connectivity index (χ0) is 13.1. The Kier molecular flexibility index (Phi) is 4.66. The molecule has 0 bridgehead atoms. The van der Waals surface area contributed by atoms with Crippen molar-refractivity contribution in [1.82, 2.24) is 4.90 Å². The van der Waals surface area contributed by atoms with Gasteiger partial charge in [0.25, 0.3) is 0 Å². The molecule has 104 valence electrons. The molecule has 1 saturated carbocycles. The predicted octanol–water partition coefficient (Wildman–Crippen LogP) is 3.00. The average Bonchev–Trinajstić information content (AvgIpc) is 2.34. The SMILES string of the molecule is CC1CCC(CN2CCC[C@H](C(=O)O)[C@@H]2C)CC1. The van der Waals surface area contributed by atoms with Crippen LogP contribution in [0, 0.1) is 17.8 Å². The molecule has 0 unspecified atom stereocenters. The van der Waals surface area contributed by atoms with E-state index in [0.717, 1.165) is 37.8 Å². The third-order valence-electron chi connectivity index (χ3n) is 5.06. The van der Waals surface area contributed by atoms with Gasteiger partial charge in [0.15, 0.2) is 0 Å². The normalized spacial score (nSPS) is 38.6. The van der Waals surface area contributed by atoms with Crippen LogP contribution in [0.4, 0.5) is 0 Å². The minimum Gasteiger partial charge on any atom is -0.481 e. The predicted molar refractivity (Wildman–Crippen MR) is 72.5 cm³/mol. The van der Waals surface area contributed by atoms with E-state index in [4.69, 9.17) is 0 Å². The fourth-order valence-corrected chi connectivity index (χ4v) is 3.64. The summed E-state index contributed by atoms with van der Waals surface area (Å²) >= 11 is 0. The van der Waals surface area contributed by atoms with Crippen LogP contribution in [0.5, 0.6) is 0 Å².